The van der Waals surface area contributed by atoms with E-state index >= 15 is 0 Å². The molecule has 6 heteroatoms. The van der Waals surface area contributed by atoms with Gasteiger partial charge in [-0.25, -0.2) is 4.98 Å². The number of oxazole rings is 1. The molecule has 0 atom stereocenters. The molecular weight excluding hydrogens is 246 g/mol. The lowest BCUT2D eigenvalue weighted by Crippen LogP contribution is -1.93. The van der Waals surface area contributed by atoms with Crippen molar-refractivity contribution in [2.75, 3.05) is 5.73 Å². The topological polar surface area (TPSA) is 95.2 Å². The van der Waals surface area contributed by atoms with Crippen molar-refractivity contribution in [1.82, 2.24) is 4.98 Å². The summed E-state index contributed by atoms with van der Waals surface area (Å²) in [6.07, 6.45) is 0. The van der Waals surface area contributed by atoms with E-state index in [2.05, 4.69) is 4.98 Å². The molecule has 0 spiro atoms. The van der Waals surface area contributed by atoms with Crippen LogP contribution in [0.1, 0.15) is 0 Å². The van der Waals surface area contributed by atoms with Crippen LogP contribution in [0.5, 0.6) is 0 Å². The fraction of sp³-hybridized carbons (Fsp3) is 0. The number of nitro benzene ring substituents is 1. The van der Waals surface area contributed by atoms with E-state index in [4.69, 9.17) is 10.2 Å². The number of hydrogen-bond acceptors (Lipinski definition) is 5. The first-order chi connectivity index (χ1) is 9.15. The molecule has 19 heavy (non-hydrogen) atoms. The van der Waals surface area contributed by atoms with E-state index in [0.717, 1.165) is 0 Å². The molecule has 0 aliphatic carbocycles. The third-order valence-electron chi connectivity index (χ3n) is 2.77. The molecule has 2 aromatic carbocycles. The van der Waals surface area contributed by atoms with E-state index in [0.29, 0.717) is 22.4 Å². The van der Waals surface area contributed by atoms with Crippen molar-refractivity contribution < 1.29 is 9.34 Å². The summed E-state index contributed by atoms with van der Waals surface area (Å²) in [5, 5.41) is 10.8. The van der Waals surface area contributed by atoms with Crippen LogP contribution in [0.4, 0.5) is 11.4 Å². The molecule has 0 radical (unpaired) electrons. The first-order valence-electron chi connectivity index (χ1n) is 5.55. The van der Waals surface area contributed by atoms with Gasteiger partial charge in [0.15, 0.2) is 5.58 Å². The van der Waals surface area contributed by atoms with E-state index in [1.807, 2.05) is 12.1 Å². The number of aromatic nitrogens is 1. The van der Waals surface area contributed by atoms with Crippen LogP contribution in [0.15, 0.2) is 46.9 Å². The summed E-state index contributed by atoms with van der Waals surface area (Å²) in [7, 11) is 0. The molecule has 0 aliphatic rings. The maximum atomic E-state index is 10.8. The van der Waals surface area contributed by atoms with E-state index < -0.39 is 4.92 Å². The Labute approximate surface area is 107 Å². The van der Waals surface area contributed by atoms with Gasteiger partial charge in [0, 0.05) is 17.8 Å². The Balaban J connectivity index is 2.20. The second-order valence-corrected chi connectivity index (χ2v) is 4.02. The van der Waals surface area contributed by atoms with Crippen molar-refractivity contribution in [1.29, 1.82) is 0 Å². The van der Waals surface area contributed by atoms with Gasteiger partial charge in [-0.2, -0.15) is 0 Å². The molecule has 0 amide bonds. The normalized spacial score (nSPS) is 10.7. The Kier molecular flexibility index (Phi) is 2.42. The Hall–Kier alpha value is -2.89. The molecule has 0 saturated carbocycles. The minimum absolute atomic E-state index is 0.0496. The smallest absolute Gasteiger partial charge is 0.270 e. The number of non-ortho nitro benzene ring substituents is 1. The van der Waals surface area contributed by atoms with Gasteiger partial charge in [-0.3, -0.25) is 10.1 Å². The van der Waals surface area contributed by atoms with Crippen LogP contribution in [0.25, 0.3) is 22.6 Å². The van der Waals surface area contributed by atoms with Gasteiger partial charge in [0.25, 0.3) is 5.69 Å². The molecular formula is C13H9N3O3. The third kappa shape index (κ3) is 1.89. The van der Waals surface area contributed by atoms with Gasteiger partial charge >= 0.3 is 0 Å². The number of rotatable bonds is 2. The first-order valence-corrected chi connectivity index (χ1v) is 5.55. The van der Waals surface area contributed by atoms with Gasteiger partial charge in [-0.15, -0.1) is 0 Å². The third-order valence-corrected chi connectivity index (χ3v) is 2.77. The molecule has 6 nitrogen and oxygen atoms in total. The second-order valence-electron chi connectivity index (χ2n) is 4.02. The minimum atomic E-state index is -0.481. The molecule has 0 bridgehead atoms. The number of benzene rings is 2. The summed E-state index contributed by atoms with van der Waals surface area (Å²) >= 11 is 0. The van der Waals surface area contributed by atoms with Crippen LogP contribution in [0, 0.1) is 10.1 Å². The van der Waals surface area contributed by atoms with Gasteiger partial charge in [0.1, 0.15) is 5.52 Å². The van der Waals surface area contributed by atoms with Crippen molar-refractivity contribution in [2.45, 2.75) is 0 Å². The average Bonchev–Trinajstić information content (AvgIpc) is 2.82. The monoisotopic (exact) mass is 255 g/mol. The molecule has 0 aliphatic heterocycles. The number of nitrogens with two attached hydrogens (primary N) is 1. The number of fused-ring (bicyclic) bond motifs is 1. The zero-order valence-corrected chi connectivity index (χ0v) is 9.74. The number of anilines is 1. The van der Waals surface area contributed by atoms with Crippen LogP contribution < -0.4 is 5.73 Å². The van der Waals surface area contributed by atoms with Crippen LogP contribution in [-0.2, 0) is 0 Å². The fourth-order valence-corrected chi connectivity index (χ4v) is 1.83. The maximum Gasteiger partial charge on any atom is 0.270 e. The van der Waals surface area contributed by atoms with E-state index in [1.54, 1.807) is 12.1 Å². The van der Waals surface area contributed by atoms with Crippen molar-refractivity contribution in [3.63, 3.8) is 0 Å². The predicted molar refractivity (Wildman–Crippen MR) is 70.5 cm³/mol. The molecule has 0 unspecified atom stereocenters. The lowest BCUT2D eigenvalue weighted by molar-refractivity contribution is -0.384. The largest absolute Gasteiger partial charge is 0.436 e. The van der Waals surface area contributed by atoms with Crippen LogP contribution >= 0.6 is 0 Å². The molecule has 3 aromatic rings. The van der Waals surface area contributed by atoms with Crippen molar-refractivity contribution in [2.24, 2.45) is 0 Å². The number of nitro groups is 1. The highest BCUT2D eigenvalue weighted by atomic mass is 16.6. The van der Waals surface area contributed by atoms with Crippen molar-refractivity contribution in [3.8, 4) is 11.5 Å². The fourth-order valence-electron chi connectivity index (χ4n) is 1.83. The molecule has 1 aromatic heterocycles. The van der Waals surface area contributed by atoms with Crippen LogP contribution in [0.3, 0.4) is 0 Å². The van der Waals surface area contributed by atoms with Gasteiger partial charge in [-0.05, 0) is 18.2 Å². The van der Waals surface area contributed by atoms with Crippen molar-refractivity contribution >= 4 is 22.5 Å². The van der Waals surface area contributed by atoms with Gasteiger partial charge < -0.3 is 10.2 Å². The van der Waals surface area contributed by atoms with E-state index in [9.17, 15) is 10.1 Å². The molecule has 94 valence electrons. The lowest BCUT2D eigenvalue weighted by atomic mass is 10.1. The molecule has 2 N–H and O–H groups in total. The highest BCUT2D eigenvalue weighted by Crippen LogP contribution is 2.31. The molecule has 3 rings (SSSR count). The predicted octanol–water partition coefficient (Wildman–Crippen LogP) is 2.99. The summed E-state index contributed by atoms with van der Waals surface area (Å²) in [4.78, 5) is 14.6. The highest BCUT2D eigenvalue weighted by Gasteiger charge is 2.15. The molecule has 0 saturated heterocycles. The minimum Gasteiger partial charge on any atom is -0.436 e. The molecule has 1 heterocycles. The van der Waals surface area contributed by atoms with Crippen molar-refractivity contribution in [3.05, 3.63) is 52.6 Å². The lowest BCUT2D eigenvalue weighted by Gasteiger charge is -2.00. The number of nitrogen functional groups attached to an aromatic ring is 1. The number of nitrogens with zero attached hydrogens (tertiary/aromatic N) is 2. The summed E-state index contributed by atoms with van der Waals surface area (Å²) < 4.78 is 5.56. The average molecular weight is 255 g/mol. The standard InChI is InChI=1S/C13H9N3O3/c14-10-6-5-8(16(17)18)7-9(10)13-15-11-3-1-2-4-12(11)19-13/h1-7H,14H2. The maximum absolute atomic E-state index is 10.8. The highest BCUT2D eigenvalue weighted by molar-refractivity contribution is 5.80. The Bertz CT molecular complexity index is 747. The first kappa shape index (κ1) is 11.2. The SMILES string of the molecule is Nc1ccc([N+](=O)[O-])cc1-c1nc2ccccc2o1. The summed E-state index contributed by atoms with van der Waals surface area (Å²) in [5.41, 5.74) is 7.88. The second kappa shape index (κ2) is 4.09. The van der Waals surface area contributed by atoms with Gasteiger partial charge in [0.2, 0.25) is 5.89 Å². The van der Waals surface area contributed by atoms with Gasteiger partial charge in [-0.1, -0.05) is 12.1 Å². The Morgan fingerprint density at radius 3 is 2.74 bits per heavy atom. The zero-order valence-electron chi connectivity index (χ0n) is 9.74. The molecule has 0 fully saturated rings. The Morgan fingerprint density at radius 1 is 1.21 bits per heavy atom. The number of hydrogen-bond donors (Lipinski definition) is 1. The van der Waals surface area contributed by atoms with E-state index in [-0.39, 0.29) is 11.6 Å². The summed E-state index contributed by atoms with van der Waals surface area (Å²) in [6, 6.07) is 11.4. The number of para-hydroxylation sites is 2. The van der Waals surface area contributed by atoms with Crippen LogP contribution in [0.2, 0.25) is 0 Å². The van der Waals surface area contributed by atoms with Crippen LogP contribution in [-0.4, -0.2) is 9.91 Å². The Morgan fingerprint density at radius 2 is 2.00 bits per heavy atom. The van der Waals surface area contributed by atoms with E-state index in [1.165, 1.54) is 18.2 Å². The zero-order chi connectivity index (χ0) is 13.4. The summed E-state index contributed by atoms with van der Waals surface area (Å²) in [5.74, 6) is 0.280. The van der Waals surface area contributed by atoms with Gasteiger partial charge in [0.05, 0.1) is 10.5 Å². The quantitative estimate of drug-likeness (QED) is 0.431. The summed E-state index contributed by atoms with van der Waals surface area (Å²) in [6.45, 7) is 0.